The van der Waals surface area contributed by atoms with Crippen LogP contribution in [0.2, 0.25) is 5.02 Å². The molecule has 2 saturated heterocycles. The van der Waals surface area contributed by atoms with Gasteiger partial charge in [0.2, 0.25) is 0 Å². The lowest BCUT2D eigenvalue weighted by Crippen LogP contribution is -2.50. The van der Waals surface area contributed by atoms with E-state index in [0.29, 0.717) is 17.9 Å². The Hall–Kier alpha value is -2.26. The summed E-state index contributed by atoms with van der Waals surface area (Å²) in [5.41, 5.74) is -1.11. The largest absolute Gasteiger partial charge is 0.368 e. The number of rotatable bonds is 4. The molecule has 3 heterocycles. The van der Waals surface area contributed by atoms with Gasteiger partial charge in [0.15, 0.2) is 9.84 Å². The molecule has 9 heteroatoms. The number of benzene rings is 2. The van der Waals surface area contributed by atoms with Crippen molar-refractivity contribution in [2.24, 2.45) is 10.9 Å². The Morgan fingerprint density at radius 2 is 1.86 bits per heavy atom. The van der Waals surface area contributed by atoms with Crippen molar-refractivity contribution in [2.75, 3.05) is 26.3 Å². The van der Waals surface area contributed by atoms with Crippen LogP contribution >= 0.6 is 11.6 Å². The topological polar surface area (TPSA) is 79.3 Å². The minimum atomic E-state index is -3.71. The molecule has 1 spiro atoms. The Bertz CT molecular complexity index is 1400. The first-order valence-electron chi connectivity index (χ1n) is 13.0. The summed E-state index contributed by atoms with van der Waals surface area (Å²) in [6.45, 7) is 5.39. The normalized spacial score (nSPS) is 29.8. The highest BCUT2D eigenvalue weighted by Crippen LogP contribution is 2.53. The van der Waals surface area contributed by atoms with Gasteiger partial charge in [0, 0.05) is 49.1 Å². The highest BCUT2D eigenvalue weighted by Gasteiger charge is 2.60. The second-order valence-electron chi connectivity index (χ2n) is 11.2. The smallest absolute Gasteiger partial charge is 0.181 e. The summed E-state index contributed by atoms with van der Waals surface area (Å²) in [7, 11) is -3.71. The van der Waals surface area contributed by atoms with E-state index >= 15 is 0 Å². The van der Waals surface area contributed by atoms with Crippen LogP contribution < -0.4 is 0 Å². The molecule has 2 aromatic carbocycles. The van der Waals surface area contributed by atoms with Gasteiger partial charge < -0.3 is 9.64 Å². The van der Waals surface area contributed by atoms with E-state index < -0.39 is 20.7 Å². The van der Waals surface area contributed by atoms with E-state index in [1.54, 1.807) is 24.3 Å². The molecule has 3 unspecified atom stereocenters. The van der Waals surface area contributed by atoms with Crippen LogP contribution in [0.4, 0.5) is 0 Å². The zero-order valence-corrected chi connectivity index (χ0v) is 22.5. The van der Waals surface area contributed by atoms with Crippen LogP contribution in [0.25, 0.3) is 10.8 Å². The molecule has 0 radical (unpaired) electrons. The predicted molar refractivity (Wildman–Crippen MR) is 145 cm³/mol. The molecule has 1 aliphatic carbocycles. The number of carbonyl (C=O) groups is 1. The molecular formula is C28H32ClN3O4S. The second-order valence-corrected chi connectivity index (χ2v) is 13.9. The van der Waals surface area contributed by atoms with E-state index in [2.05, 4.69) is 14.8 Å². The number of Topliss-reactive ketones (excluding diaryl/α,β-unsaturated/α-hetero) is 1. The number of hydrogen-bond donors (Lipinski definition) is 0. The Morgan fingerprint density at radius 3 is 2.62 bits per heavy atom. The number of nitrogens with zero attached hydrogens (tertiary/aromatic N) is 3. The summed E-state index contributed by atoms with van der Waals surface area (Å²) in [6.07, 6.45) is 8.51. The SMILES string of the molecule is CC12CC(S(=O)(=O)c3ccc4cc(Cl)ccc4c3)CC(=O)C1CC1(CCN(CN3C=CN=CC3)CC1)O2. The molecule has 6 rings (SSSR count). The molecule has 1 saturated carbocycles. The zero-order valence-electron chi connectivity index (χ0n) is 21.0. The van der Waals surface area contributed by atoms with Gasteiger partial charge in [-0.15, -0.1) is 0 Å². The van der Waals surface area contributed by atoms with Gasteiger partial charge in [0.25, 0.3) is 0 Å². The van der Waals surface area contributed by atoms with Crippen molar-refractivity contribution in [1.29, 1.82) is 0 Å². The number of hydrogen-bond acceptors (Lipinski definition) is 7. The molecule has 2 aromatic rings. The number of ketones is 1. The second kappa shape index (κ2) is 9.19. The maximum absolute atomic E-state index is 13.7. The summed E-state index contributed by atoms with van der Waals surface area (Å²) < 4.78 is 34.2. The van der Waals surface area contributed by atoms with Gasteiger partial charge in [-0.25, -0.2) is 8.42 Å². The molecule has 0 amide bonds. The Labute approximate surface area is 223 Å². The summed E-state index contributed by atoms with van der Waals surface area (Å²) in [5, 5.41) is 1.52. The standard InChI is InChI=1S/C28H32ClN3O4S/c1-27-17-24(37(34,35)23-5-3-20-14-22(29)4-2-21(20)15-23)16-26(33)25(27)18-28(36-27)6-10-31(11-7-28)19-32-12-8-30-9-13-32/h2-5,8-9,12,14-15,24-25H,6-7,10-11,13,16-19H2,1H3. The van der Waals surface area contributed by atoms with E-state index in [9.17, 15) is 13.2 Å². The van der Waals surface area contributed by atoms with Crippen molar-refractivity contribution in [3.63, 3.8) is 0 Å². The van der Waals surface area contributed by atoms with Gasteiger partial charge in [-0.1, -0.05) is 23.7 Å². The van der Waals surface area contributed by atoms with Gasteiger partial charge in [-0.05, 0) is 67.6 Å². The first-order valence-corrected chi connectivity index (χ1v) is 14.9. The first-order chi connectivity index (χ1) is 17.7. The van der Waals surface area contributed by atoms with Gasteiger partial charge in [0.05, 0.1) is 34.6 Å². The Balaban J connectivity index is 1.17. The molecule has 37 heavy (non-hydrogen) atoms. The molecular weight excluding hydrogens is 510 g/mol. The van der Waals surface area contributed by atoms with E-state index in [0.717, 1.165) is 49.9 Å². The molecule has 196 valence electrons. The van der Waals surface area contributed by atoms with Crippen molar-refractivity contribution < 1.29 is 17.9 Å². The molecule has 7 nitrogen and oxygen atoms in total. The monoisotopic (exact) mass is 541 g/mol. The molecule has 3 fully saturated rings. The molecule has 3 atom stereocenters. The molecule has 0 N–H and O–H groups in total. The molecule has 0 bridgehead atoms. The third-order valence-electron chi connectivity index (χ3n) is 8.69. The maximum Gasteiger partial charge on any atom is 0.181 e. The van der Waals surface area contributed by atoms with Gasteiger partial charge in [0.1, 0.15) is 5.78 Å². The van der Waals surface area contributed by atoms with Crippen molar-refractivity contribution >= 4 is 44.2 Å². The van der Waals surface area contributed by atoms with Gasteiger partial charge >= 0.3 is 0 Å². The number of halogens is 1. The van der Waals surface area contributed by atoms with E-state index in [1.165, 1.54) is 0 Å². The Morgan fingerprint density at radius 1 is 1.11 bits per heavy atom. The van der Waals surface area contributed by atoms with Crippen LogP contribution in [0.1, 0.15) is 39.0 Å². The predicted octanol–water partition coefficient (Wildman–Crippen LogP) is 4.44. The van der Waals surface area contributed by atoms with Crippen LogP contribution in [0.15, 0.2) is 58.7 Å². The molecule has 3 aliphatic heterocycles. The number of likely N-dealkylation sites (tertiary alicyclic amines) is 1. The van der Waals surface area contributed by atoms with Crippen molar-refractivity contribution in [3.05, 3.63) is 53.8 Å². The van der Waals surface area contributed by atoms with Crippen molar-refractivity contribution in [2.45, 2.75) is 60.4 Å². The number of carbonyl (C=O) groups excluding carboxylic acids is 1. The molecule has 0 aromatic heterocycles. The summed E-state index contributed by atoms with van der Waals surface area (Å²) in [6, 6.07) is 10.5. The van der Waals surface area contributed by atoms with Crippen LogP contribution in [0.5, 0.6) is 0 Å². The average Bonchev–Trinajstić information content (AvgIpc) is 3.18. The number of piperidine rings is 1. The third-order valence-corrected chi connectivity index (χ3v) is 11.0. The fourth-order valence-electron chi connectivity index (χ4n) is 6.68. The Kier molecular flexibility index (Phi) is 6.22. The zero-order chi connectivity index (χ0) is 25.8. The molecule has 4 aliphatic rings. The van der Waals surface area contributed by atoms with E-state index in [-0.39, 0.29) is 28.6 Å². The minimum absolute atomic E-state index is 0.0203. The van der Waals surface area contributed by atoms with Crippen molar-refractivity contribution in [1.82, 2.24) is 9.80 Å². The summed E-state index contributed by atoms with van der Waals surface area (Å²) in [5.74, 6) is -0.225. The fourth-order valence-corrected chi connectivity index (χ4v) is 8.73. The van der Waals surface area contributed by atoms with Gasteiger partial charge in [-0.3, -0.25) is 14.7 Å². The highest BCUT2D eigenvalue weighted by molar-refractivity contribution is 7.92. The minimum Gasteiger partial charge on any atom is -0.368 e. The third kappa shape index (κ3) is 4.62. The number of ether oxygens (including phenoxy) is 1. The quantitative estimate of drug-likeness (QED) is 0.569. The highest BCUT2D eigenvalue weighted by atomic mass is 35.5. The number of sulfone groups is 1. The lowest BCUT2D eigenvalue weighted by atomic mass is 9.73. The fraction of sp³-hybridized carbons (Fsp3) is 0.500. The van der Waals surface area contributed by atoms with E-state index in [4.69, 9.17) is 16.3 Å². The number of aliphatic imine (C=N–C) groups is 1. The maximum atomic E-state index is 13.7. The first kappa shape index (κ1) is 25.0. The van der Waals surface area contributed by atoms with Crippen LogP contribution in [-0.2, 0) is 19.4 Å². The van der Waals surface area contributed by atoms with Crippen LogP contribution in [0.3, 0.4) is 0 Å². The average molecular weight is 542 g/mol. The van der Waals surface area contributed by atoms with Crippen LogP contribution in [-0.4, -0.2) is 73.0 Å². The van der Waals surface area contributed by atoms with Crippen molar-refractivity contribution in [3.8, 4) is 0 Å². The lowest BCUT2D eigenvalue weighted by molar-refractivity contribution is -0.147. The van der Waals surface area contributed by atoms with E-state index in [1.807, 2.05) is 37.7 Å². The summed E-state index contributed by atoms with van der Waals surface area (Å²) in [4.78, 5) is 22.4. The summed E-state index contributed by atoms with van der Waals surface area (Å²) >= 11 is 6.08. The van der Waals surface area contributed by atoms with Gasteiger partial charge in [-0.2, -0.15) is 0 Å². The van der Waals surface area contributed by atoms with Crippen LogP contribution in [0, 0.1) is 5.92 Å². The lowest BCUT2D eigenvalue weighted by Gasteiger charge is -2.42. The number of fused-ring (bicyclic) bond motifs is 2.